The van der Waals surface area contributed by atoms with Crippen molar-refractivity contribution in [3.8, 4) is 0 Å². The SMILES string of the molecule is CCC[C@H](NS(=O)(=O)c1c(F)cccc1F)C(=O)O. The number of benzene rings is 1. The number of sulfonamides is 1. The molecule has 1 atom stereocenters. The summed E-state index contributed by atoms with van der Waals surface area (Å²) in [5, 5.41) is 8.84. The van der Waals surface area contributed by atoms with E-state index in [-0.39, 0.29) is 6.42 Å². The molecule has 0 unspecified atom stereocenters. The van der Waals surface area contributed by atoms with Gasteiger partial charge in [-0.15, -0.1) is 0 Å². The Kier molecular flexibility index (Phi) is 4.96. The summed E-state index contributed by atoms with van der Waals surface area (Å²) >= 11 is 0. The number of carbonyl (C=O) groups is 1. The van der Waals surface area contributed by atoms with E-state index in [2.05, 4.69) is 0 Å². The van der Waals surface area contributed by atoms with Gasteiger partial charge in [-0.3, -0.25) is 4.79 Å². The summed E-state index contributed by atoms with van der Waals surface area (Å²) in [5.74, 6) is -3.94. The fraction of sp³-hybridized carbons (Fsp3) is 0.364. The van der Waals surface area contributed by atoms with Gasteiger partial charge in [-0.25, -0.2) is 17.2 Å². The predicted octanol–water partition coefficient (Wildman–Crippen LogP) is 1.50. The highest BCUT2D eigenvalue weighted by molar-refractivity contribution is 7.89. The van der Waals surface area contributed by atoms with Gasteiger partial charge in [0.15, 0.2) is 4.90 Å². The smallest absolute Gasteiger partial charge is 0.321 e. The molecule has 0 heterocycles. The third-order valence-corrected chi connectivity index (χ3v) is 3.88. The first-order valence-corrected chi connectivity index (χ1v) is 6.97. The summed E-state index contributed by atoms with van der Waals surface area (Å²) in [6.07, 6.45) is 0.421. The molecule has 5 nitrogen and oxygen atoms in total. The number of nitrogens with one attached hydrogen (secondary N) is 1. The zero-order chi connectivity index (χ0) is 14.6. The van der Waals surface area contributed by atoms with Crippen LogP contribution in [-0.2, 0) is 14.8 Å². The molecule has 106 valence electrons. The number of hydrogen-bond acceptors (Lipinski definition) is 3. The maximum Gasteiger partial charge on any atom is 0.321 e. The fourth-order valence-electron chi connectivity index (χ4n) is 1.51. The van der Waals surface area contributed by atoms with E-state index in [0.717, 1.165) is 18.2 Å². The number of halogens is 2. The molecule has 8 heteroatoms. The summed E-state index contributed by atoms with van der Waals surface area (Å²) in [5.41, 5.74) is 0. The largest absolute Gasteiger partial charge is 0.480 e. The predicted molar refractivity (Wildman–Crippen MR) is 63.0 cm³/mol. The van der Waals surface area contributed by atoms with E-state index in [9.17, 15) is 22.0 Å². The Morgan fingerprint density at radius 1 is 1.37 bits per heavy atom. The van der Waals surface area contributed by atoms with Crippen molar-refractivity contribution in [1.29, 1.82) is 0 Å². The van der Waals surface area contributed by atoms with E-state index in [1.165, 1.54) is 0 Å². The maximum atomic E-state index is 13.4. The highest BCUT2D eigenvalue weighted by atomic mass is 32.2. The third kappa shape index (κ3) is 3.71. The minimum atomic E-state index is -4.57. The Hall–Kier alpha value is -1.54. The van der Waals surface area contributed by atoms with E-state index < -0.39 is 38.6 Å². The van der Waals surface area contributed by atoms with Crippen LogP contribution >= 0.6 is 0 Å². The first kappa shape index (κ1) is 15.5. The van der Waals surface area contributed by atoms with Crippen molar-refractivity contribution in [2.75, 3.05) is 0 Å². The molecule has 1 aromatic rings. The highest BCUT2D eigenvalue weighted by Gasteiger charge is 2.29. The lowest BCUT2D eigenvalue weighted by atomic mass is 10.2. The van der Waals surface area contributed by atoms with E-state index in [1.54, 1.807) is 11.6 Å². The van der Waals surface area contributed by atoms with E-state index in [4.69, 9.17) is 5.11 Å². The first-order chi connectivity index (χ1) is 8.79. The Morgan fingerprint density at radius 3 is 2.32 bits per heavy atom. The van der Waals surface area contributed by atoms with Crippen LogP contribution in [0.4, 0.5) is 8.78 Å². The lowest BCUT2D eigenvalue weighted by Gasteiger charge is -2.14. The van der Waals surface area contributed by atoms with Crippen LogP contribution in [0.25, 0.3) is 0 Å². The van der Waals surface area contributed by atoms with Crippen molar-refractivity contribution in [3.05, 3.63) is 29.8 Å². The summed E-state index contributed by atoms with van der Waals surface area (Å²) in [7, 11) is -4.57. The number of carboxylic acids is 1. The molecule has 0 saturated heterocycles. The van der Waals surface area contributed by atoms with Gasteiger partial charge in [0.1, 0.15) is 17.7 Å². The van der Waals surface area contributed by atoms with Crippen LogP contribution in [0.15, 0.2) is 23.1 Å². The molecule has 0 amide bonds. The van der Waals surface area contributed by atoms with Crippen molar-refractivity contribution in [1.82, 2.24) is 4.72 Å². The molecule has 0 spiro atoms. The average Bonchev–Trinajstić information content (AvgIpc) is 2.27. The lowest BCUT2D eigenvalue weighted by Crippen LogP contribution is -2.41. The number of rotatable bonds is 6. The first-order valence-electron chi connectivity index (χ1n) is 5.48. The quantitative estimate of drug-likeness (QED) is 0.832. The molecule has 2 N–H and O–H groups in total. The summed E-state index contributed by atoms with van der Waals surface area (Å²) in [6, 6.07) is 1.17. The lowest BCUT2D eigenvalue weighted by molar-refractivity contribution is -0.139. The van der Waals surface area contributed by atoms with Crippen molar-refractivity contribution in [2.45, 2.75) is 30.7 Å². The normalized spacial score (nSPS) is 13.2. The zero-order valence-electron chi connectivity index (χ0n) is 10.1. The molecule has 0 saturated carbocycles. The second-order valence-electron chi connectivity index (χ2n) is 3.85. The van der Waals surface area contributed by atoms with Crippen molar-refractivity contribution < 1.29 is 27.1 Å². The van der Waals surface area contributed by atoms with Gasteiger partial charge in [-0.1, -0.05) is 19.4 Å². The average molecular weight is 293 g/mol. The number of aliphatic carboxylic acids is 1. The molecule has 0 bridgehead atoms. The minimum Gasteiger partial charge on any atom is -0.480 e. The van der Waals surface area contributed by atoms with Gasteiger partial charge < -0.3 is 5.11 Å². The van der Waals surface area contributed by atoms with Crippen molar-refractivity contribution >= 4 is 16.0 Å². The molecule has 0 fully saturated rings. The second kappa shape index (κ2) is 6.07. The Labute approximate surface area is 109 Å². The summed E-state index contributed by atoms with van der Waals surface area (Å²) in [4.78, 5) is 9.68. The standard InChI is InChI=1S/C11H13F2NO4S/c1-2-4-9(11(15)16)14-19(17,18)10-7(12)5-3-6-8(10)13/h3,5-6,9,14H,2,4H2,1H3,(H,15,16)/t9-/m0/s1. The van der Waals surface area contributed by atoms with Crippen LogP contribution in [0.2, 0.25) is 0 Å². The van der Waals surface area contributed by atoms with Gasteiger partial charge in [0, 0.05) is 0 Å². The van der Waals surface area contributed by atoms with Gasteiger partial charge in [-0.05, 0) is 18.6 Å². The maximum absolute atomic E-state index is 13.4. The summed E-state index contributed by atoms with van der Waals surface area (Å²) in [6.45, 7) is 1.66. The third-order valence-electron chi connectivity index (χ3n) is 2.36. The minimum absolute atomic E-state index is 0.0185. The zero-order valence-corrected chi connectivity index (χ0v) is 10.9. The molecular weight excluding hydrogens is 280 g/mol. The number of carboxylic acid groups (broad SMARTS) is 1. The summed E-state index contributed by atoms with van der Waals surface area (Å²) < 4.78 is 52.2. The molecule has 1 aromatic carbocycles. The highest BCUT2D eigenvalue weighted by Crippen LogP contribution is 2.18. The Bertz CT molecular complexity index is 554. The van der Waals surface area contributed by atoms with E-state index >= 15 is 0 Å². The van der Waals surface area contributed by atoms with Crippen LogP contribution in [-0.4, -0.2) is 25.5 Å². The van der Waals surface area contributed by atoms with Gasteiger partial charge in [0.2, 0.25) is 10.0 Å². The Balaban J connectivity index is 3.14. The molecular formula is C11H13F2NO4S. The van der Waals surface area contributed by atoms with Crippen LogP contribution in [0.3, 0.4) is 0 Å². The van der Waals surface area contributed by atoms with E-state index in [0.29, 0.717) is 6.42 Å². The molecule has 0 aromatic heterocycles. The topological polar surface area (TPSA) is 83.5 Å². The van der Waals surface area contributed by atoms with Crippen molar-refractivity contribution in [3.63, 3.8) is 0 Å². The van der Waals surface area contributed by atoms with Gasteiger partial charge in [0.25, 0.3) is 0 Å². The molecule has 19 heavy (non-hydrogen) atoms. The van der Waals surface area contributed by atoms with Crippen LogP contribution in [0.5, 0.6) is 0 Å². The van der Waals surface area contributed by atoms with Crippen LogP contribution in [0, 0.1) is 11.6 Å². The van der Waals surface area contributed by atoms with Crippen LogP contribution in [0.1, 0.15) is 19.8 Å². The molecule has 1 rings (SSSR count). The van der Waals surface area contributed by atoms with Crippen molar-refractivity contribution in [2.24, 2.45) is 0 Å². The molecule has 0 aliphatic carbocycles. The molecule has 0 aliphatic heterocycles. The Morgan fingerprint density at radius 2 is 1.89 bits per heavy atom. The van der Waals surface area contributed by atoms with Gasteiger partial charge in [-0.2, -0.15) is 4.72 Å². The second-order valence-corrected chi connectivity index (χ2v) is 5.50. The fourth-order valence-corrected chi connectivity index (χ4v) is 2.87. The number of hydrogen-bond donors (Lipinski definition) is 2. The van der Waals surface area contributed by atoms with E-state index in [1.807, 2.05) is 0 Å². The molecule has 0 aliphatic rings. The van der Waals surface area contributed by atoms with Gasteiger partial charge in [0.05, 0.1) is 0 Å². The van der Waals surface area contributed by atoms with Crippen LogP contribution < -0.4 is 4.72 Å². The monoisotopic (exact) mass is 293 g/mol. The van der Waals surface area contributed by atoms with Gasteiger partial charge >= 0.3 is 5.97 Å². The molecule has 0 radical (unpaired) electrons.